The average Bonchev–Trinajstić information content (AvgIpc) is 2.48. The Labute approximate surface area is 116 Å². The van der Waals surface area contributed by atoms with Crippen LogP contribution in [0.25, 0.3) is 0 Å². The molecular weight excluding hydrogens is 258 g/mol. The first-order valence-electron chi connectivity index (χ1n) is 6.04. The van der Waals surface area contributed by atoms with E-state index in [1.807, 2.05) is 30.3 Å². The highest BCUT2D eigenvalue weighted by Gasteiger charge is 2.14. The number of phenolic OH excluding ortho intramolecular Hbond substituents is 2. The Morgan fingerprint density at radius 1 is 1.20 bits per heavy atom. The number of phenols is 2. The van der Waals surface area contributed by atoms with E-state index in [4.69, 9.17) is 0 Å². The van der Waals surface area contributed by atoms with Crippen molar-refractivity contribution in [2.75, 3.05) is 12.4 Å². The summed E-state index contributed by atoms with van der Waals surface area (Å²) in [4.78, 5) is 11.5. The fraction of sp³-hybridized carbons (Fsp3) is 0.133. The van der Waals surface area contributed by atoms with Crippen LogP contribution in [0.1, 0.15) is 15.9 Å². The minimum Gasteiger partial charge on any atom is -0.504 e. The van der Waals surface area contributed by atoms with Gasteiger partial charge in [-0.1, -0.05) is 30.3 Å². The first-order valence-corrected chi connectivity index (χ1v) is 6.04. The number of esters is 1. The van der Waals surface area contributed by atoms with Gasteiger partial charge in [-0.25, -0.2) is 4.79 Å². The van der Waals surface area contributed by atoms with E-state index >= 15 is 0 Å². The zero-order valence-corrected chi connectivity index (χ0v) is 11.0. The van der Waals surface area contributed by atoms with Gasteiger partial charge in [0.1, 0.15) is 0 Å². The number of hydrogen-bond donors (Lipinski definition) is 3. The monoisotopic (exact) mass is 273 g/mol. The average molecular weight is 273 g/mol. The topological polar surface area (TPSA) is 78.8 Å². The predicted octanol–water partition coefficient (Wildman–Crippen LogP) is 2.50. The number of carbonyl (C=O) groups is 1. The number of methoxy groups -OCH3 is 1. The second-order valence-corrected chi connectivity index (χ2v) is 4.22. The Morgan fingerprint density at radius 3 is 2.55 bits per heavy atom. The van der Waals surface area contributed by atoms with Gasteiger partial charge >= 0.3 is 5.97 Å². The Kier molecular flexibility index (Phi) is 4.10. The summed E-state index contributed by atoms with van der Waals surface area (Å²) in [6, 6.07) is 12.2. The number of nitrogens with one attached hydrogen (secondary N) is 1. The highest BCUT2D eigenvalue weighted by molar-refractivity contribution is 5.92. The predicted molar refractivity (Wildman–Crippen MR) is 74.9 cm³/mol. The molecule has 0 aliphatic rings. The minimum atomic E-state index is -0.580. The summed E-state index contributed by atoms with van der Waals surface area (Å²) in [7, 11) is 1.25. The standard InChI is InChI=1S/C15H15NO4/c1-20-15(19)11-7-12(14(18)13(17)8-11)16-9-10-5-3-2-4-6-10/h2-8,16-18H,9H2,1H3. The summed E-state index contributed by atoms with van der Waals surface area (Å²) in [5.74, 6) is -1.25. The maximum atomic E-state index is 11.5. The molecule has 5 heteroatoms. The number of benzene rings is 2. The molecule has 0 unspecified atom stereocenters. The Hall–Kier alpha value is -2.69. The third-order valence-corrected chi connectivity index (χ3v) is 2.84. The van der Waals surface area contributed by atoms with E-state index in [-0.39, 0.29) is 22.7 Å². The van der Waals surface area contributed by atoms with Crippen molar-refractivity contribution in [1.29, 1.82) is 0 Å². The lowest BCUT2D eigenvalue weighted by molar-refractivity contribution is 0.0600. The van der Waals surface area contributed by atoms with E-state index in [1.165, 1.54) is 13.2 Å². The van der Waals surface area contributed by atoms with Crippen molar-refractivity contribution in [2.24, 2.45) is 0 Å². The van der Waals surface area contributed by atoms with Crippen molar-refractivity contribution >= 4 is 11.7 Å². The normalized spacial score (nSPS) is 10.1. The molecule has 0 atom stereocenters. The number of hydrogen-bond acceptors (Lipinski definition) is 5. The van der Waals surface area contributed by atoms with E-state index in [9.17, 15) is 15.0 Å². The lowest BCUT2D eigenvalue weighted by Gasteiger charge is -2.11. The molecule has 0 bridgehead atoms. The fourth-order valence-corrected chi connectivity index (χ4v) is 1.78. The van der Waals surface area contributed by atoms with Gasteiger partial charge in [0.15, 0.2) is 11.5 Å². The maximum absolute atomic E-state index is 11.5. The number of anilines is 1. The molecule has 0 radical (unpaired) electrons. The molecule has 0 saturated heterocycles. The Balaban J connectivity index is 2.22. The molecule has 5 nitrogen and oxygen atoms in total. The van der Waals surface area contributed by atoms with Crippen molar-refractivity contribution in [3.05, 3.63) is 53.6 Å². The van der Waals surface area contributed by atoms with Gasteiger partial charge < -0.3 is 20.3 Å². The van der Waals surface area contributed by atoms with Gasteiger partial charge in [-0.15, -0.1) is 0 Å². The smallest absolute Gasteiger partial charge is 0.338 e. The van der Waals surface area contributed by atoms with Gasteiger partial charge in [0.25, 0.3) is 0 Å². The SMILES string of the molecule is COC(=O)c1cc(O)c(O)c(NCc2ccccc2)c1. The molecule has 0 saturated carbocycles. The molecular formula is C15H15NO4. The van der Waals surface area contributed by atoms with Crippen LogP contribution in [-0.4, -0.2) is 23.3 Å². The third kappa shape index (κ3) is 3.00. The molecule has 0 heterocycles. The van der Waals surface area contributed by atoms with Crippen LogP contribution in [0, 0.1) is 0 Å². The summed E-state index contributed by atoms with van der Waals surface area (Å²) in [6.45, 7) is 0.457. The van der Waals surface area contributed by atoms with Crippen LogP contribution in [0.5, 0.6) is 11.5 Å². The molecule has 3 N–H and O–H groups in total. The Morgan fingerprint density at radius 2 is 1.90 bits per heavy atom. The van der Waals surface area contributed by atoms with E-state index in [1.54, 1.807) is 0 Å². The fourth-order valence-electron chi connectivity index (χ4n) is 1.78. The molecule has 0 aromatic heterocycles. The van der Waals surface area contributed by atoms with Crippen molar-refractivity contribution in [3.8, 4) is 11.5 Å². The summed E-state index contributed by atoms with van der Waals surface area (Å²) in [5, 5.41) is 22.4. The van der Waals surface area contributed by atoms with Crippen molar-refractivity contribution in [1.82, 2.24) is 0 Å². The van der Waals surface area contributed by atoms with E-state index < -0.39 is 5.97 Å². The molecule has 104 valence electrons. The highest BCUT2D eigenvalue weighted by atomic mass is 16.5. The van der Waals surface area contributed by atoms with Gasteiger partial charge in [0.05, 0.1) is 18.4 Å². The van der Waals surface area contributed by atoms with E-state index in [0.29, 0.717) is 6.54 Å². The first kappa shape index (κ1) is 13.7. The molecule has 20 heavy (non-hydrogen) atoms. The number of aromatic hydroxyl groups is 2. The largest absolute Gasteiger partial charge is 0.504 e. The Bertz CT molecular complexity index is 611. The molecule has 0 fully saturated rings. The summed E-state index contributed by atoms with van der Waals surface area (Å²) in [6.07, 6.45) is 0. The molecule has 2 aromatic carbocycles. The third-order valence-electron chi connectivity index (χ3n) is 2.84. The molecule has 0 aliphatic carbocycles. The number of carbonyl (C=O) groups excluding carboxylic acids is 1. The van der Waals surface area contributed by atoms with E-state index in [0.717, 1.165) is 11.6 Å². The van der Waals surface area contributed by atoms with Gasteiger partial charge in [0, 0.05) is 6.54 Å². The van der Waals surface area contributed by atoms with Crippen LogP contribution in [0.15, 0.2) is 42.5 Å². The first-order chi connectivity index (χ1) is 9.61. The van der Waals surface area contributed by atoms with Crippen LogP contribution in [0.2, 0.25) is 0 Å². The summed E-state index contributed by atoms with van der Waals surface area (Å²) >= 11 is 0. The van der Waals surface area contributed by atoms with Gasteiger partial charge in [-0.2, -0.15) is 0 Å². The second-order valence-electron chi connectivity index (χ2n) is 4.22. The van der Waals surface area contributed by atoms with Crippen LogP contribution in [0.4, 0.5) is 5.69 Å². The summed E-state index contributed by atoms with van der Waals surface area (Å²) < 4.78 is 4.59. The van der Waals surface area contributed by atoms with Crippen LogP contribution in [0.3, 0.4) is 0 Å². The second kappa shape index (κ2) is 5.97. The zero-order valence-electron chi connectivity index (χ0n) is 11.0. The van der Waals surface area contributed by atoms with Crippen molar-refractivity contribution < 1.29 is 19.7 Å². The maximum Gasteiger partial charge on any atom is 0.338 e. The molecule has 0 spiro atoms. The van der Waals surface area contributed by atoms with Crippen LogP contribution in [-0.2, 0) is 11.3 Å². The van der Waals surface area contributed by atoms with Gasteiger partial charge in [0.2, 0.25) is 0 Å². The lowest BCUT2D eigenvalue weighted by atomic mass is 10.1. The quantitative estimate of drug-likeness (QED) is 0.589. The van der Waals surface area contributed by atoms with Crippen molar-refractivity contribution in [3.63, 3.8) is 0 Å². The van der Waals surface area contributed by atoms with Crippen molar-refractivity contribution in [2.45, 2.75) is 6.54 Å². The van der Waals surface area contributed by atoms with E-state index in [2.05, 4.69) is 10.1 Å². The van der Waals surface area contributed by atoms with Gasteiger partial charge in [-0.05, 0) is 17.7 Å². The zero-order chi connectivity index (χ0) is 14.5. The van der Waals surface area contributed by atoms with Crippen LogP contribution >= 0.6 is 0 Å². The van der Waals surface area contributed by atoms with Gasteiger partial charge in [-0.3, -0.25) is 0 Å². The molecule has 2 aromatic rings. The highest BCUT2D eigenvalue weighted by Crippen LogP contribution is 2.35. The lowest BCUT2D eigenvalue weighted by Crippen LogP contribution is -2.04. The molecule has 0 amide bonds. The molecule has 0 aliphatic heterocycles. The minimum absolute atomic E-state index is 0.165. The summed E-state index contributed by atoms with van der Waals surface area (Å²) in [5.41, 5.74) is 1.45. The number of ether oxygens (including phenoxy) is 1. The van der Waals surface area contributed by atoms with Crippen LogP contribution < -0.4 is 5.32 Å². The molecule has 2 rings (SSSR count). The number of rotatable bonds is 4.